The molecule has 23 heavy (non-hydrogen) atoms. The van der Waals surface area contributed by atoms with E-state index >= 15 is 0 Å². The Hall–Kier alpha value is -1.34. The number of hydrogen-bond donors (Lipinski definition) is 2. The van der Waals surface area contributed by atoms with Gasteiger partial charge in [-0.15, -0.1) is 0 Å². The maximum absolute atomic E-state index is 11.8. The molecule has 0 aromatic carbocycles. The van der Waals surface area contributed by atoms with Gasteiger partial charge in [-0.05, 0) is 32.1 Å². The number of nitrogens with zero attached hydrogens (tertiary/aromatic N) is 2. The van der Waals surface area contributed by atoms with Crippen molar-refractivity contribution in [3.63, 3.8) is 0 Å². The van der Waals surface area contributed by atoms with E-state index in [0.29, 0.717) is 18.1 Å². The number of ether oxygens (including phenoxy) is 2. The van der Waals surface area contributed by atoms with Crippen molar-refractivity contribution in [1.82, 2.24) is 15.5 Å². The molecular formula is C16H28N4O3. The molecule has 4 atom stereocenters. The van der Waals surface area contributed by atoms with Gasteiger partial charge in [0.1, 0.15) is 6.54 Å². The number of carbonyl (C=O) groups excluding carboxylic acids is 1. The van der Waals surface area contributed by atoms with Gasteiger partial charge in [0.15, 0.2) is 5.96 Å². The van der Waals surface area contributed by atoms with Crippen LogP contribution in [0.15, 0.2) is 4.99 Å². The number of guanidine groups is 1. The zero-order valence-electron chi connectivity index (χ0n) is 14.1. The van der Waals surface area contributed by atoms with Gasteiger partial charge in [0, 0.05) is 27.2 Å². The van der Waals surface area contributed by atoms with Crippen molar-refractivity contribution in [3.8, 4) is 0 Å². The monoisotopic (exact) mass is 324 g/mol. The lowest BCUT2D eigenvalue weighted by Crippen LogP contribution is -2.49. The van der Waals surface area contributed by atoms with Crippen LogP contribution < -0.4 is 10.6 Å². The topological polar surface area (TPSA) is 75.2 Å². The highest BCUT2D eigenvalue weighted by Gasteiger charge is 2.41. The van der Waals surface area contributed by atoms with Gasteiger partial charge in [-0.2, -0.15) is 0 Å². The molecule has 3 aliphatic heterocycles. The second-order valence-electron chi connectivity index (χ2n) is 6.83. The molecule has 3 fully saturated rings. The molecule has 0 saturated carbocycles. The molecule has 0 aromatic heterocycles. The molecule has 2 bridgehead atoms. The maximum Gasteiger partial charge on any atom is 0.243 e. The van der Waals surface area contributed by atoms with Crippen LogP contribution in [0.5, 0.6) is 0 Å². The predicted molar refractivity (Wildman–Crippen MR) is 87.4 cm³/mol. The fourth-order valence-electron chi connectivity index (χ4n) is 3.42. The summed E-state index contributed by atoms with van der Waals surface area (Å²) in [6.07, 6.45) is 6.39. The van der Waals surface area contributed by atoms with Crippen LogP contribution in [0.4, 0.5) is 0 Å². The number of rotatable bonds is 5. The van der Waals surface area contributed by atoms with Crippen LogP contribution in [0, 0.1) is 0 Å². The molecule has 2 N–H and O–H groups in total. The van der Waals surface area contributed by atoms with Gasteiger partial charge < -0.3 is 25.0 Å². The first-order valence-electron chi connectivity index (χ1n) is 8.64. The molecule has 130 valence electrons. The third-order valence-corrected chi connectivity index (χ3v) is 4.82. The van der Waals surface area contributed by atoms with E-state index in [0.717, 1.165) is 45.3 Å². The van der Waals surface area contributed by atoms with Gasteiger partial charge in [0.25, 0.3) is 0 Å². The summed E-state index contributed by atoms with van der Waals surface area (Å²) in [7, 11) is 3.49. The lowest BCUT2D eigenvalue weighted by atomic mass is 9.96. The minimum Gasteiger partial charge on any atom is -0.376 e. The van der Waals surface area contributed by atoms with E-state index in [1.807, 2.05) is 0 Å². The Morgan fingerprint density at radius 2 is 2.17 bits per heavy atom. The highest BCUT2D eigenvalue weighted by molar-refractivity contribution is 5.85. The van der Waals surface area contributed by atoms with Gasteiger partial charge in [0.05, 0.1) is 24.4 Å². The first-order valence-corrected chi connectivity index (χ1v) is 8.64. The van der Waals surface area contributed by atoms with E-state index in [9.17, 15) is 4.79 Å². The van der Waals surface area contributed by atoms with E-state index in [1.165, 1.54) is 0 Å². The minimum atomic E-state index is -0.00703. The van der Waals surface area contributed by atoms with E-state index < -0.39 is 0 Å². The van der Waals surface area contributed by atoms with Crippen molar-refractivity contribution in [2.24, 2.45) is 4.99 Å². The van der Waals surface area contributed by atoms with Crippen molar-refractivity contribution in [2.45, 2.75) is 56.5 Å². The van der Waals surface area contributed by atoms with Crippen LogP contribution in [0.3, 0.4) is 0 Å². The predicted octanol–water partition coefficient (Wildman–Crippen LogP) is 0.109. The Bertz CT molecular complexity index is 449. The molecular weight excluding hydrogens is 296 g/mol. The van der Waals surface area contributed by atoms with Crippen LogP contribution in [-0.2, 0) is 14.3 Å². The van der Waals surface area contributed by atoms with Crippen LogP contribution >= 0.6 is 0 Å². The van der Waals surface area contributed by atoms with Crippen molar-refractivity contribution >= 4 is 11.9 Å². The molecule has 3 heterocycles. The smallest absolute Gasteiger partial charge is 0.243 e. The maximum atomic E-state index is 11.8. The Morgan fingerprint density at radius 1 is 1.30 bits per heavy atom. The summed E-state index contributed by atoms with van der Waals surface area (Å²) < 4.78 is 11.5. The molecule has 1 amide bonds. The normalized spacial score (nSPS) is 33.0. The third-order valence-electron chi connectivity index (χ3n) is 4.82. The highest BCUT2D eigenvalue weighted by atomic mass is 16.5. The second-order valence-corrected chi connectivity index (χ2v) is 6.83. The quantitative estimate of drug-likeness (QED) is 0.554. The summed E-state index contributed by atoms with van der Waals surface area (Å²) in [4.78, 5) is 17.8. The third kappa shape index (κ3) is 4.35. The first-order chi connectivity index (χ1) is 11.1. The number of carbonyl (C=O) groups is 1. The lowest BCUT2D eigenvalue weighted by molar-refractivity contribution is -0.127. The van der Waals surface area contributed by atoms with Crippen molar-refractivity contribution in [3.05, 3.63) is 0 Å². The molecule has 0 aliphatic carbocycles. The average molecular weight is 324 g/mol. The number of fused-ring (bicyclic) bond motifs is 2. The van der Waals surface area contributed by atoms with Crippen LogP contribution in [0.2, 0.25) is 0 Å². The Labute approximate surface area is 137 Å². The van der Waals surface area contributed by atoms with Gasteiger partial charge in [-0.1, -0.05) is 0 Å². The SMILES string of the molecule is CN(C)C(=O)CN=C(NCC1CCCO1)NC1CC2CCC1O2. The summed E-state index contributed by atoms with van der Waals surface area (Å²) in [6.45, 7) is 1.71. The van der Waals surface area contributed by atoms with Crippen LogP contribution in [0.1, 0.15) is 32.1 Å². The minimum absolute atomic E-state index is 0.00703. The molecule has 7 nitrogen and oxygen atoms in total. The van der Waals surface area contributed by atoms with Gasteiger partial charge >= 0.3 is 0 Å². The zero-order valence-corrected chi connectivity index (χ0v) is 14.1. The number of nitrogens with one attached hydrogen (secondary N) is 2. The fourth-order valence-corrected chi connectivity index (χ4v) is 3.42. The summed E-state index contributed by atoms with van der Waals surface area (Å²) in [5, 5.41) is 6.78. The second kappa shape index (κ2) is 7.49. The molecule has 0 radical (unpaired) electrons. The molecule has 4 unspecified atom stereocenters. The average Bonchev–Trinajstić information content (AvgIpc) is 3.26. The Balaban J connectivity index is 1.55. The highest BCUT2D eigenvalue weighted by Crippen LogP contribution is 2.34. The van der Waals surface area contributed by atoms with E-state index in [2.05, 4.69) is 15.6 Å². The van der Waals surface area contributed by atoms with Gasteiger partial charge in [0.2, 0.25) is 5.91 Å². The van der Waals surface area contributed by atoms with E-state index in [1.54, 1.807) is 19.0 Å². The van der Waals surface area contributed by atoms with Gasteiger partial charge in [-0.3, -0.25) is 4.79 Å². The Morgan fingerprint density at radius 3 is 2.78 bits per heavy atom. The molecule has 0 spiro atoms. The van der Waals surface area contributed by atoms with Crippen molar-refractivity contribution in [2.75, 3.05) is 33.8 Å². The van der Waals surface area contributed by atoms with Gasteiger partial charge in [-0.25, -0.2) is 4.99 Å². The first kappa shape index (κ1) is 16.5. The molecule has 3 rings (SSSR count). The lowest BCUT2D eigenvalue weighted by Gasteiger charge is -2.23. The Kier molecular flexibility index (Phi) is 5.38. The summed E-state index contributed by atoms with van der Waals surface area (Å²) in [5.74, 6) is 0.684. The van der Waals surface area contributed by atoms with Crippen molar-refractivity contribution < 1.29 is 14.3 Å². The summed E-state index contributed by atoms with van der Waals surface area (Å²) in [6, 6.07) is 0.291. The van der Waals surface area contributed by atoms with Crippen LogP contribution in [-0.4, -0.2) is 74.9 Å². The zero-order chi connectivity index (χ0) is 16.2. The molecule has 3 saturated heterocycles. The molecule has 3 aliphatic rings. The molecule has 0 aromatic rings. The number of hydrogen-bond acceptors (Lipinski definition) is 4. The fraction of sp³-hybridized carbons (Fsp3) is 0.875. The summed E-state index contributed by atoms with van der Waals surface area (Å²) >= 11 is 0. The standard InChI is InChI=1S/C16H28N4O3/c1-20(2)15(21)10-18-16(17-9-12-4-3-7-22-12)19-13-8-11-5-6-14(13)23-11/h11-14H,3-10H2,1-2H3,(H2,17,18,19). The number of aliphatic imine (C=N–C) groups is 1. The summed E-state index contributed by atoms with van der Waals surface area (Å²) in [5.41, 5.74) is 0. The largest absolute Gasteiger partial charge is 0.376 e. The van der Waals surface area contributed by atoms with Crippen molar-refractivity contribution in [1.29, 1.82) is 0 Å². The van der Waals surface area contributed by atoms with E-state index in [-0.39, 0.29) is 24.7 Å². The van der Waals surface area contributed by atoms with Crippen LogP contribution in [0.25, 0.3) is 0 Å². The number of likely N-dealkylation sites (N-methyl/N-ethyl adjacent to an activating group) is 1. The number of amides is 1. The van der Waals surface area contributed by atoms with E-state index in [4.69, 9.17) is 9.47 Å². The molecule has 7 heteroatoms.